The number of halogens is 1. The van der Waals surface area contributed by atoms with E-state index in [0.29, 0.717) is 29.8 Å². The van der Waals surface area contributed by atoms with Crippen LogP contribution in [-0.2, 0) is 16.0 Å². The Morgan fingerprint density at radius 3 is 2.79 bits per heavy atom. The minimum absolute atomic E-state index is 0.0378. The minimum Gasteiger partial charge on any atom is -0.378 e. The lowest BCUT2D eigenvalue weighted by atomic mass is 10.2. The smallest absolute Gasteiger partial charge is 0.249 e. The molecule has 2 heterocycles. The number of benzene rings is 1. The van der Waals surface area contributed by atoms with Gasteiger partial charge in [0.05, 0.1) is 25.3 Å². The molecule has 126 valence electrons. The molecule has 0 spiro atoms. The molecule has 0 radical (unpaired) electrons. The maximum Gasteiger partial charge on any atom is 0.249 e. The minimum atomic E-state index is -0.529. The zero-order chi connectivity index (χ0) is 16.9. The van der Waals surface area contributed by atoms with Gasteiger partial charge in [-0.1, -0.05) is 23.7 Å². The van der Waals surface area contributed by atoms with Gasteiger partial charge in [-0.05, 0) is 12.1 Å². The highest BCUT2D eigenvalue weighted by Gasteiger charge is 2.17. The van der Waals surface area contributed by atoms with E-state index in [9.17, 15) is 4.79 Å². The average molecular weight is 349 g/mol. The highest BCUT2D eigenvalue weighted by atomic mass is 35.5. The van der Waals surface area contributed by atoms with Crippen molar-refractivity contribution in [2.24, 2.45) is 0 Å². The summed E-state index contributed by atoms with van der Waals surface area (Å²) >= 11 is 6.05. The molecule has 0 aliphatic carbocycles. The molecule has 3 rings (SSSR count). The molecule has 1 fully saturated rings. The van der Waals surface area contributed by atoms with Crippen LogP contribution in [0, 0.1) is 0 Å². The molecule has 1 aliphatic rings. The van der Waals surface area contributed by atoms with E-state index in [1.165, 1.54) is 0 Å². The number of rotatable bonds is 4. The topological polar surface area (TPSA) is 87.6 Å². The number of morpholine rings is 1. The largest absolute Gasteiger partial charge is 0.378 e. The van der Waals surface area contributed by atoms with Gasteiger partial charge in [-0.15, -0.1) is 0 Å². The van der Waals surface area contributed by atoms with Gasteiger partial charge in [0.1, 0.15) is 5.82 Å². The Morgan fingerprint density at radius 1 is 1.29 bits per heavy atom. The summed E-state index contributed by atoms with van der Waals surface area (Å²) in [7, 11) is 0. The second-order valence-corrected chi connectivity index (χ2v) is 5.80. The van der Waals surface area contributed by atoms with Gasteiger partial charge in [0.25, 0.3) is 0 Å². The number of carbonyl (C=O) groups is 1. The number of carbonyl (C=O) groups excluding carboxylic acids is 1. The average Bonchev–Trinajstić information content (AvgIpc) is 2.62. The summed E-state index contributed by atoms with van der Waals surface area (Å²) in [6.45, 7) is 2.70. The zero-order valence-electron chi connectivity index (χ0n) is 12.9. The van der Waals surface area contributed by atoms with E-state index in [-0.39, 0.29) is 6.42 Å². The number of aromatic nitrogens is 2. The SMILES string of the molecule is O=C(Cc1cc(N2CCOCC2)nc(-c2cccc(Cl)c2)n1)NO. The first-order valence-electron chi connectivity index (χ1n) is 7.55. The fourth-order valence-electron chi connectivity index (χ4n) is 2.49. The van der Waals surface area contributed by atoms with Gasteiger partial charge in [0.15, 0.2) is 5.82 Å². The Bertz CT molecular complexity index is 735. The molecular weight excluding hydrogens is 332 g/mol. The fourth-order valence-corrected chi connectivity index (χ4v) is 2.68. The van der Waals surface area contributed by atoms with Crippen LogP contribution >= 0.6 is 11.6 Å². The Labute approximate surface area is 144 Å². The number of hydrogen-bond acceptors (Lipinski definition) is 6. The molecule has 0 saturated carbocycles. The molecule has 8 heteroatoms. The van der Waals surface area contributed by atoms with Crippen LogP contribution in [0.1, 0.15) is 5.69 Å². The van der Waals surface area contributed by atoms with Crippen LogP contribution in [0.3, 0.4) is 0 Å². The lowest BCUT2D eigenvalue weighted by molar-refractivity contribution is -0.128. The van der Waals surface area contributed by atoms with Gasteiger partial charge in [-0.2, -0.15) is 0 Å². The van der Waals surface area contributed by atoms with Crippen molar-refractivity contribution in [3.8, 4) is 11.4 Å². The molecule has 0 unspecified atom stereocenters. The van der Waals surface area contributed by atoms with Crippen LogP contribution in [0.15, 0.2) is 30.3 Å². The molecule has 1 saturated heterocycles. The first-order valence-corrected chi connectivity index (χ1v) is 7.93. The zero-order valence-corrected chi connectivity index (χ0v) is 13.7. The van der Waals surface area contributed by atoms with Gasteiger partial charge in [-0.25, -0.2) is 15.4 Å². The van der Waals surface area contributed by atoms with Crippen LogP contribution in [0.5, 0.6) is 0 Å². The van der Waals surface area contributed by atoms with E-state index >= 15 is 0 Å². The summed E-state index contributed by atoms with van der Waals surface area (Å²) in [5.41, 5.74) is 2.91. The number of hydrogen-bond donors (Lipinski definition) is 2. The van der Waals surface area contributed by atoms with Crippen molar-refractivity contribution in [2.75, 3.05) is 31.2 Å². The second kappa shape index (κ2) is 7.57. The number of hydroxylamine groups is 1. The van der Waals surface area contributed by atoms with Crippen LogP contribution < -0.4 is 10.4 Å². The molecule has 1 amide bonds. The van der Waals surface area contributed by atoms with E-state index in [1.807, 2.05) is 12.1 Å². The summed E-state index contributed by atoms with van der Waals surface area (Å²) in [5, 5.41) is 9.34. The van der Waals surface area contributed by atoms with Crippen molar-refractivity contribution in [3.63, 3.8) is 0 Å². The van der Waals surface area contributed by atoms with Crippen molar-refractivity contribution >= 4 is 23.3 Å². The third-order valence-corrected chi connectivity index (χ3v) is 3.89. The molecule has 1 aromatic heterocycles. The molecule has 1 aliphatic heterocycles. The number of amides is 1. The number of nitrogens with one attached hydrogen (secondary N) is 1. The molecule has 2 aromatic rings. The maximum atomic E-state index is 11.5. The lowest BCUT2D eigenvalue weighted by Crippen LogP contribution is -2.37. The first kappa shape index (κ1) is 16.6. The molecular formula is C16H17ClN4O3. The highest BCUT2D eigenvalue weighted by Crippen LogP contribution is 2.23. The first-order chi connectivity index (χ1) is 11.7. The molecule has 7 nitrogen and oxygen atoms in total. The van der Waals surface area contributed by atoms with E-state index < -0.39 is 5.91 Å². The van der Waals surface area contributed by atoms with Gasteiger partial charge >= 0.3 is 0 Å². The lowest BCUT2D eigenvalue weighted by Gasteiger charge is -2.28. The van der Waals surface area contributed by atoms with Crippen molar-refractivity contribution < 1.29 is 14.7 Å². The van der Waals surface area contributed by atoms with Crippen LogP contribution in [0.4, 0.5) is 5.82 Å². The summed E-state index contributed by atoms with van der Waals surface area (Å²) < 4.78 is 5.36. The number of nitrogens with zero attached hydrogens (tertiary/aromatic N) is 3. The van der Waals surface area contributed by atoms with E-state index in [4.69, 9.17) is 21.5 Å². The van der Waals surface area contributed by atoms with Gasteiger partial charge in [0.2, 0.25) is 5.91 Å². The number of ether oxygens (including phenoxy) is 1. The predicted octanol–water partition coefficient (Wildman–Crippen LogP) is 1.68. The van der Waals surface area contributed by atoms with Crippen molar-refractivity contribution in [3.05, 3.63) is 41.0 Å². The maximum absolute atomic E-state index is 11.5. The van der Waals surface area contributed by atoms with E-state index in [1.54, 1.807) is 23.7 Å². The Morgan fingerprint density at radius 2 is 2.08 bits per heavy atom. The Hall–Kier alpha value is -2.22. The third kappa shape index (κ3) is 4.00. The third-order valence-electron chi connectivity index (χ3n) is 3.65. The fraction of sp³-hybridized carbons (Fsp3) is 0.312. The summed E-state index contributed by atoms with van der Waals surface area (Å²) in [6.07, 6.45) is -0.0378. The number of anilines is 1. The predicted molar refractivity (Wildman–Crippen MR) is 89.1 cm³/mol. The summed E-state index contributed by atoms with van der Waals surface area (Å²) in [5.74, 6) is 0.685. The summed E-state index contributed by atoms with van der Waals surface area (Å²) in [6, 6.07) is 8.99. The van der Waals surface area contributed by atoms with Crippen LogP contribution in [0.25, 0.3) is 11.4 Å². The molecule has 24 heavy (non-hydrogen) atoms. The quantitative estimate of drug-likeness (QED) is 0.645. The monoisotopic (exact) mass is 348 g/mol. The molecule has 2 N–H and O–H groups in total. The van der Waals surface area contributed by atoms with Crippen molar-refractivity contribution in [1.82, 2.24) is 15.4 Å². The van der Waals surface area contributed by atoms with Crippen LogP contribution in [0.2, 0.25) is 5.02 Å². The van der Waals surface area contributed by atoms with Gasteiger partial charge in [-0.3, -0.25) is 10.0 Å². The van der Waals surface area contributed by atoms with Gasteiger partial charge < -0.3 is 9.64 Å². The molecule has 0 atom stereocenters. The van der Waals surface area contributed by atoms with E-state index in [2.05, 4.69) is 14.9 Å². The van der Waals surface area contributed by atoms with Crippen molar-refractivity contribution in [2.45, 2.75) is 6.42 Å². The van der Waals surface area contributed by atoms with E-state index in [0.717, 1.165) is 24.5 Å². The summed E-state index contributed by atoms with van der Waals surface area (Å²) in [4.78, 5) is 22.6. The van der Waals surface area contributed by atoms with Crippen LogP contribution in [-0.4, -0.2) is 47.4 Å². The second-order valence-electron chi connectivity index (χ2n) is 5.36. The van der Waals surface area contributed by atoms with Gasteiger partial charge in [0, 0.05) is 29.7 Å². The molecule has 0 bridgehead atoms. The molecule has 1 aromatic carbocycles. The normalized spacial score (nSPS) is 14.5. The van der Waals surface area contributed by atoms with Crippen molar-refractivity contribution in [1.29, 1.82) is 0 Å². The Kier molecular flexibility index (Phi) is 5.24. The Balaban J connectivity index is 2.00. The highest BCUT2D eigenvalue weighted by molar-refractivity contribution is 6.30. The standard InChI is InChI=1S/C16H17ClN4O3/c17-12-3-1-2-11(8-12)16-18-13(10-15(22)20-23)9-14(19-16)21-4-6-24-7-5-21/h1-3,8-9,23H,4-7,10H2,(H,20,22).